The number of allylic oxidation sites excluding steroid dienone is 4. The zero-order valence-electron chi connectivity index (χ0n) is 33.3. The van der Waals surface area contributed by atoms with Crippen molar-refractivity contribution in [3.05, 3.63) is 24.3 Å². The molecule has 0 aromatic heterocycles. The zero-order valence-corrected chi connectivity index (χ0v) is 34.2. The molecule has 3 unspecified atom stereocenters. The SMILES string of the molecule is CCCCC/C=C\CCCCCCCC(=O)NC(COP(=O)(O)OCC(O)COC(=O)CCCCCCCCC/C=C\CCCCCCCC)C(=O)O. The summed E-state index contributed by atoms with van der Waals surface area (Å²) in [5.41, 5.74) is 0. The number of unbranched alkanes of at least 4 members (excludes halogenated alkanes) is 21. The van der Waals surface area contributed by atoms with Gasteiger partial charge in [0.05, 0.1) is 13.2 Å². The second kappa shape index (κ2) is 36.9. The minimum absolute atomic E-state index is 0.136. The topological polar surface area (TPSA) is 169 Å². The number of phosphoric acid groups is 1. The van der Waals surface area contributed by atoms with Crippen LogP contribution >= 0.6 is 7.82 Å². The Morgan fingerprint density at radius 2 is 0.981 bits per heavy atom. The first-order valence-corrected chi connectivity index (χ1v) is 22.4. The lowest BCUT2D eigenvalue weighted by Gasteiger charge is -2.18. The highest BCUT2D eigenvalue weighted by Gasteiger charge is 2.28. The fourth-order valence-electron chi connectivity index (χ4n) is 5.66. The third-order valence-corrected chi connectivity index (χ3v) is 9.91. The second-order valence-corrected chi connectivity index (χ2v) is 15.6. The van der Waals surface area contributed by atoms with Gasteiger partial charge < -0.3 is 25.2 Å². The molecule has 310 valence electrons. The molecule has 0 aliphatic heterocycles. The first kappa shape index (κ1) is 51.0. The van der Waals surface area contributed by atoms with Crippen LogP contribution in [0.15, 0.2) is 24.3 Å². The van der Waals surface area contributed by atoms with Crippen LogP contribution in [0.4, 0.5) is 0 Å². The van der Waals surface area contributed by atoms with Gasteiger partial charge >= 0.3 is 19.8 Å². The van der Waals surface area contributed by atoms with E-state index in [0.717, 1.165) is 64.2 Å². The van der Waals surface area contributed by atoms with E-state index in [1.807, 2.05) is 0 Å². The van der Waals surface area contributed by atoms with E-state index in [9.17, 15) is 34.1 Å². The van der Waals surface area contributed by atoms with E-state index in [4.69, 9.17) is 13.8 Å². The van der Waals surface area contributed by atoms with E-state index in [2.05, 4.69) is 43.5 Å². The largest absolute Gasteiger partial charge is 0.480 e. The highest BCUT2D eigenvalue weighted by molar-refractivity contribution is 7.47. The molecule has 0 heterocycles. The lowest BCUT2D eigenvalue weighted by atomic mass is 10.1. The van der Waals surface area contributed by atoms with E-state index in [1.54, 1.807) is 0 Å². The van der Waals surface area contributed by atoms with Crippen molar-refractivity contribution in [3.63, 3.8) is 0 Å². The van der Waals surface area contributed by atoms with Crippen molar-refractivity contribution in [2.24, 2.45) is 0 Å². The van der Waals surface area contributed by atoms with Crippen LogP contribution in [0.5, 0.6) is 0 Å². The number of rotatable bonds is 39. The predicted octanol–water partition coefficient (Wildman–Crippen LogP) is 10.3. The molecule has 0 aliphatic rings. The highest BCUT2D eigenvalue weighted by Crippen LogP contribution is 2.43. The lowest BCUT2D eigenvalue weighted by Crippen LogP contribution is -2.43. The fraction of sp³-hybridized carbons (Fsp3) is 0.829. The van der Waals surface area contributed by atoms with Gasteiger partial charge in [0, 0.05) is 12.8 Å². The summed E-state index contributed by atoms with van der Waals surface area (Å²) in [4.78, 5) is 45.8. The van der Waals surface area contributed by atoms with Gasteiger partial charge in [0.15, 0.2) is 6.04 Å². The summed E-state index contributed by atoms with van der Waals surface area (Å²) in [6.07, 6.45) is 36.3. The summed E-state index contributed by atoms with van der Waals surface area (Å²) in [6.45, 7) is 2.54. The zero-order chi connectivity index (χ0) is 39.3. The standard InChI is InChI=1S/C41H76NO10P/c1-3-5-7-9-11-13-15-17-18-19-20-21-23-25-27-29-31-33-40(45)50-34-37(43)35-51-53(48,49)52-36-38(41(46)47)42-39(44)32-30-28-26-24-22-16-14-12-10-8-6-4-2/h12,14,17-18,37-38,43H,3-11,13,15-16,19-36H2,1-2H3,(H,42,44)(H,46,47)(H,48,49)/b14-12-,18-17-. The summed E-state index contributed by atoms with van der Waals surface area (Å²) in [6, 6.07) is -1.55. The summed E-state index contributed by atoms with van der Waals surface area (Å²) in [5.74, 6) is -2.39. The Balaban J connectivity index is 3.91. The molecule has 0 aliphatic carbocycles. The van der Waals surface area contributed by atoms with Crippen molar-refractivity contribution < 1.29 is 47.8 Å². The van der Waals surface area contributed by atoms with Crippen molar-refractivity contribution in [1.29, 1.82) is 0 Å². The molecule has 11 nitrogen and oxygen atoms in total. The molecule has 0 fully saturated rings. The number of aliphatic carboxylic acids is 1. The van der Waals surface area contributed by atoms with Crippen molar-refractivity contribution in [2.45, 2.75) is 199 Å². The molecule has 1 amide bonds. The molecule has 0 bridgehead atoms. The third kappa shape index (κ3) is 36.7. The summed E-state index contributed by atoms with van der Waals surface area (Å²) in [7, 11) is -4.75. The Hall–Kier alpha value is -2.04. The molecule has 0 saturated heterocycles. The number of carbonyl (C=O) groups is 3. The number of hydrogen-bond acceptors (Lipinski definition) is 8. The summed E-state index contributed by atoms with van der Waals surface area (Å²) in [5, 5.41) is 21.8. The quantitative estimate of drug-likeness (QED) is 0.0204. The number of carboxylic acids is 1. The van der Waals surface area contributed by atoms with Gasteiger partial charge in [-0.25, -0.2) is 9.36 Å². The Morgan fingerprint density at radius 1 is 0.585 bits per heavy atom. The van der Waals surface area contributed by atoms with Crippen LogP contribution < -0.4 is 5.32 Å². The number of aliphatic hydroxyl groups excluding tert-OH is 1. The van der Waals surface area contributed by atoms with Crippen molar-refractivity contribution in [3.8, 4) is 0 Å². The first-order valence-electron chi connectivity index (χ1n) is 20.9. The predicted molar refractivity (Wildman–Crippen MR) is 213 cm³/mol. The number of phosphoric ester groups is 1. The van der Waals surface area contributed by atoms with Crippen molar-refractivity contribution >= 4 is 25.7 Å². The van der Waals surface area contributed by atoms with Crippen LogP contribution in [0, 0.1) is 0 Å². The molecule has 0 rings (SSSR count). The number of nitrogens with one attached hydrogen (secondary N) is 1. The fourth-order valence-corrected chi connectivity index (χ4v) is 6.43. The molecule has 0 aromatic rings. The first-order chi connectivity index (χ1) is 25.6. The van der Waals surface area contributed by atoms with E-state index >= 15 is 0 Å². The van der Waals surface area contributed by atoms with Crippen LogP contribution in [0.1, 0.15) is 187 Å². The minimum atomic E-state index is -4.75. The van der Waals surface area contributed by atoms with Crippen LogP contribution in [0.2, 0.25) is 0 Å². The van der Waals surface area contributed by atoms with Gasteiger partial charge in [0.25, 0.3) is 0 Å². The number of esters is 1. The van der Waals surface area contributed by atoms with Gasteiger partial charge in [0.1, 0.15) is 12.7 Å². The Bertz CT molecular complexity index is 1010. The van der Waals surface area contributed by atoms with Crippen LogP contribution in [-0.4, -0.2) is 64.9 Å². The van der Waals surface area contributed by atoms with Crippen LogP contribution in [0.25, 0.3) is 0 Å². The van der Waals surface area contributed by atoms with Crippen molar-refractivity contribution in [1.82, 2.24) is 5.32 Å². The van der Waals surface area contributed by atoms with Gasteiger partial charge in [-0.1, -0.05) is 134 Å². The average Bonchev–Trinajstić information content (AvgIpc) is 3.13. The molecule has 4 N–H and O–H groups in total. The van der Waals surface area contributed by atoms with E-state index in [-0.39, 0.29) is 12.8 Å². The molecular weight excluding hydrogens is 697 g/mol. The monoisotopic (exact) mass is 774 g/mol. The average molecular weight is 774 g/mol. The maximum atomic E-state index is 12.2. The van der Waals surface area contributed by atoms with Gasteiger partial charge in [-0.3, -0.25) is 18.6 Å². The Kier molecular flexibility index (Phi) is 35.5. The van der Waals surface area contributed by atoms with E-state index in [1.165, 1.54) is 83.5 Å². The molecule has 3 atom stereocenters. The molecule has 0 spiro atoms. The maximum absolute atomic E-state index is 12.2. The maximum Gasteiger partial charge on any atom is 0.472 e. The molecule has 0 saturated carbocycles. The number of aliphatic hydroxyl groups is 1. The number of carbonyl (C=O) groups excluding carboxylic acids is 2. The lowest BCUT2D eigenvalue weighted by molar-refractivity contribution is -0.147. The highest BCUT2D eigenvalue weighted by atomic mass is 31.2. The minimum Gasteiger partial charge on any atom is -0.480 e. The summed E-state index contributed by atoms with van der Waals surface area (Å²) < 4.78 is 26.8. The molecule has 12 heteroatoms. The second-order valence-electron chi connectivity index (χ2n) is 14.2. The van der Waals surface area contributed by atoms with Gasteiger partial charge in [0.2, 0.25) is 5.91 Å². The third-order valence-electron chi connectivity index (χ3n) is 8.96. The van der Waals surface area contributed by atoms with Crippen molar-refractivity contribution in [2.75, 3.05) is 19.8 Å². The van der Waals surface area contributed by atoms with Gasteiger partial charge in [-0.05, 0) is 64.2 Å². The summed E-state index contributed by atoms with van der Waals surface area (Å²) >= 11 is 0. The molecule has 53 heavy (non-hydrogen) atoms. The normalized spacial score (nSPS) is 14.0. The molecular formula is C41H76NO10P. The number of hydrogen-bond donors (Lipinski definition) is 4. The smallest absolute Gasteiger partial charge is 0.472 e. The van der Waals surface area contributed by atoms with Crippen LogP contribution in [0.3, 0.4) is 0 Å². The Morgan fingerprint density at radius 3 is 1.47 bits per heavy atom. The number of carboxylic acid groups (broad SMARTS) is 1. The van der Waals surface area contributed by atoms with Crippen LogP contribution in [-0.2, 0) is 32.7 Å². The number of amides is 1. The molecule has 0 radical (unpaired) electrons. The number of ether oxygens (including phenoxy) is 1. The Labute approximate surface area is 321 Å². The van der Waals surface area contributed by atoms with E-state index < -0.39 is 57.6 Å². The van der Waals surface area contributed by atoms with Gasteiger partial charge in [-0.2, -0.15) is 0 Å². The molecule has 0 aromatic carbocycles. The van der Waals surface area contributed by atoms with E-state index in [0.29, 0.717) is 12.8 Å². The van der Waals surface area contributed by atoms with Gasteiger partial charge in [-0.15, -0.1) is 0 Å².